The molecule has 2 aliphatic rings. The Labute approximate surface area is 99.8 Å². The van der Waals surface area contributed by atoms with Gasteiger partial charge in [0.1, 0.15) is 0 Å². The van der Waals surface area contributed by atoms with Crippen molar-refractivity contribution >= 4 is 0 Å². The second-order valence-corrected chi connectivity index (χ2v) is 5.82. The van der Waals surface area contributed by atoms with Gasteiger partial charge in [-0.25, -0.2) is 0 Å². The zero-order valence-electron chi connectivity index (χ0n) is 10.5. The van der Waals surface area contributed by atoms with E-state index >= 15 is 0 Å². The minimum absolute atomic E-state index is 0.151. The largest absolute Gasteiger partial charge is 0.381 e. The van der Waals surface area contributed by atoms with Crippen molar-refractivity contribution in [3.05, 3.63) is 0 Å². The highest BCUT2D eigenvalue weighted by molar-refractivity contribution is 4.79. The molecule has 0 aromatic carbocycles. The highest BCUT2D eigenvalue weighted by atomic mass is 16.3. The van der Waals surface area contributed by atoms with Crippen LogP contribution in [0.2, 0.25) is 0 Å². The summed E-state index contributed by atoms with van der Waals surface area (Å²) >= 11 is 0. The Morgan fingerprint density at radius 2 is 1.44 bits per heavy atom. The van der Waals surface area contributed by atoms with Crippen molar-refractivity contribution in [1.29, 1.82) is 0 Å². The maximum Gasteiger partial charge on any atom is 0.0933 e. The third-order valence-electron chi connectivity index (χ3n) is 4.62. The van der Waals surface area contributed by atoms with Crippen molar-refractivity contribution in [1.82, 2.24) is 5.32 Å². The van der Waals surface area contributed by atoms with Gasteiger partial charge in [-0.1, -0.05) is 32.1 Å². The van der Waals surface area contributed by atoms with Crippen molar-refractivity contribution in [3.63, 3.8) is 0 Å². The Morgan fingerprint density at radius 3 is 2.06 bits per heavy atom. The predicted octanol–water partition coefficient (Wildman–Crippen LogP) is 3.06. The molecule has 2 saturated carbocycles. The summed E-state index contributed by atoms with van der Waals surface area (Å²) in [5.41, 5.74) is 0. The highest BCUT2D eigenvalue weighted by Gasteiger charge is 2.24. The predicted molar refractivity (Wildman–Crippen MR) is 67.2 cm³/mol. The third-order valence-corrected chi connectivity index (χ3v) is 4.62. The number of nitrogens with one attached hydrogen (secondary N) is 1. The van der Waals surface area contributed by atoms with Gasteiger partial charge in [0.2, 0.25) is 0 Å². The lowest BCUT2D eigenvalue weighted by Crippen LogP contribution is -2.34. The maximum atomic E-state index is 8.83. The molecule has 0 heterocycles. The van der Waals surface area contributed by atoms with Gasteiger partial charge in [-0.05, 0) is 43.9 Å². The fraction of sp³-hybridized carbons (Fsp3) is 1.00. The second-order valence-electron chi connectivity index (χ2n) is 5.82. The molecule has 16 heavy (non-hydrogen) atoms. The van der Waals surface area contributed by atoms with Crippen LogP contribution in [0.5, 0.6) is 0 Å². The van der Waals surface area contributed by atoms with E-state index < -0.39 is 0 Å². The lowest BCUT2D eigenvalue weighted by Gasteiger charge is -2.32. The van der Waals surface area contributed by atoms with Crippen LogP contribution in [0.4, 0.5) is 0 Å². The second kappa shape index (κ2) is 6.61. The molecule has 2 N–H and O–H groups in total. The summed E-state index contributed by atoms with van der Waals surface area (Å²) in [7, 11) is 0. The summed E-state index contributed by atoms with van der Waals surface area (Å²) < 4.78 is 0. The summed E-state index contributed by atoms with van der Waals surface area (Å²) in [6, 6.07) is 0.590. The summed E-state index contributed by atoms with van der Waals surface area (Å²) in [5.74, 6) is 2.03. The molecule has 0 bridgehead atoms. The molecule has 94 valence electrons. The monoisotopic (exact) mass is 225 g/mol. The van der Waals surface area contributed by atoms with Gasteiger partial charge < -0.3 is 5.11 Å². The number of rotatable bonds is 4. The van der Waals surface area contributed by atoms with Gasteiger partial charge in [-0.3, -0.25) is 5.32 Å². The van der Waals surface area contributed by atoms with Crippen LogP contribution in [0.15, 0.2) is 0 Å². The Bertz CT molecular complexity index is 181. The van der Waals surface area contributed by atoms with Gasteiger partial charge in [-0.15, -0.1) is 0 Å². The van der Waals surface area contributed by atoms with Crippen LogP contribution in [0.3, 0.4) is 0 Å². The van der Waals surface area contributed by atoms with E-state index in [1.165, 1.54) is 64.2 Å². The first-order chi connectivity index (χ1) is 7.88. The van der Waals surface area contributed by atoms with Crippen molar-refractivity contribution in [3.8, 4) is 0 Å². The van der Waals surface area contributed by atoms with Crippen LogP contribution in [0.25, 0.3) is 0 Å². The Balaban J connectivity index is 1.64. The SMILES string of the molecule is OCNC1CCC(CC2CCCCC2)CC1. The molecule has 2 aliphatic carbocycles. The summed E-state index contributed by atoms with van der Waals surface area (Å²) in [6.45, 7) is 0.151. The lowest BCUT2D eigenvalue weighted by molar-refractivity contribution is 0.186. The summed E-state index contributed by atoms with van der Waals surface area (Å²) in [6.07, 6.45) is 14.2. The highest BCUT2D eigenvalue weighted by Crippen LogP contribution is 2.35. The van der Waals surface area contributed by atoms with Crippen molar-refractivity contribution < 1.29 is 5.11 Å². The Hall–Kier alpha value is -0.0800. The van der Waals surface area contributed by atoms with Crippen LogP contribution >= 0.6 is 0 Å². The van der Waals surface area contributed by atoms with Gasteiger partial charge in [-0.2, -0.15) is 0 Å². The van der Waals surface area contributed by atoms with Crippen LogP contribution in [-0.2, 0) is 0 Å². The fourth-order valence-electron chi connectivity index (χ4n) is 3.63. The van der Waals surface area contributed by atoms with Gasteiger partial charge >= 0.3 is 0 Å². The molecule has 2 fully saturated rings. The fourth-order valence-corrected chi connectivity index (χ4v) is 3.63. The average molecular weight is 225 g/mol. The lowest BCUT2D eigenvalue weighted by atomic mass is 9.76. The van der Waals surface area contributed by atoms with Crippen molar-refractivity contribution in [2.24, 2.45) is 11.8 Å². The third kappa shape index (κ3) is 3.74. The van der Waals surface area contributed by atoms with Gasteiger partial charge in [0, 0.05) is 6.04 Å². The molecule has 0 radical (unpaired) electrons. The molecule has 0 atom stereocenters. The minimum atomic E-state index is 0.151. The Kier molecular flexibility index (Phi) is 5.11. The molecule has 0 unspecified atom stereocenters. The molecular weight excluding hydrogens is 198 g/mol. The number of aliphatic hydroxyl groups excluding tert-OH is 1. The number of hydrogen-bond donors (Lipinski definition) is 2. The molecule has 2 rings (SSSR count). The van der Waals surface area contributed by atoms with E-state index in [9.17, 15) is 0 Å². The van der Waals surface area contributed by atoms with E-state index in [0.29, 0.717) is 6.04 Å². The summed E-state index contributed by atoms with van der Waals surface area (Å²) in [4.78, 5) is 0. The molecule has 0 saturated heterocycles. The normalized spacial score (nSPS) is 32.8. The standard InChI is InChI=1S/C14H27NO/c16-11-15-14-8-6-13(7-9-14)10-12-4-2-1-3-5-12/h12-16H,1-11H2. The van der Waals surface area contributed by atoms with E-state index in [1.54, 1.807) is 0 Å². The zero-order valence-corrected chi connectivity index (χ0v) is 10.5. The molecule has 0 aromatic heterocycles. The number of hydrogen-bond acceptors (Lipinski definition) is 2. The van der Waals surface area contributed by atoms with E-state index in [2.05, 4.69) is 5.32 Å². The molecular formula is C14H27NO. The quantitative estimate of drug-likeness (QED) is 0.721. The van der Waals surface area contributed by atoms with E-state index in [0.717, 1.165) is 11.8 Å². The van der Waals surface area contributed by atoms with E-state index in [1.807, 2.05) is 0 Å². The maximum absolute atomic E-state index is 8.83. The summed E-state index contributed by atoms with van der Waals surface area (Å²) in [5, 5.41) is 12.0. The van der Waals surface area contributed by atoms with Crippen LogP contribution < -0.4 is 5.32 Å². The first-order valence-corrected chi connectivity index (χ1v) is 7.22. The average Bonchev–Trinajstić information content (AvgIpc) is 2.33. The molecule has 2 nitrogen and oxygen atoms in total. The molecule has 2 heteroatoms. The topological polar surface area (TPSA) is 32.3 Å². The van der Waals surface area contributed by atoms with Crippen molar-refractivity contribution in [2.75, 3.05) is 6.73 Å². The van der Waals surface area contributed by atoms with Crippen LogP contribution in [-0.4, -0.2) is 17.9 Å². The van der Waals surface area contributed by atoms with Crippen molar-refractivity contribution in [2.45, 2.75) is 70.3 Å². The van der Waals surface area contributed by atoms with E-state index in [4.69, 9.17) is 5.11 Å². The molecule has 0 aliphatic heterocycles. The molecule has 0 aromatic rings. The smallest absolute Gasteiger partial charge is 0.0933 e. The van der Waals surface area contributed by atoms with Gasteiger partial charge in [0.25, 0.3) is 0 Å². The van der Waals surface area contributed by atoms with Gasteiger partial charge in [0.15, 0.2) is 0 Å². The van der Waals surface area contributed by atoms with Crippen LogP contribution in [0.1, 0.15) is 64.2 Å². The first kappa shape index (κ1) is 12.4. The zero-order chi connectivity index (χ0) is 11.2. The Morgan fingerprint density at radius 1 is 0.812 bits per heavy atom. The molecule has 0 amide bonds. The first-order valence-electron chi connectivity index (χ1n) is 7.22. The molecule has 0 spiro atoms. The van der Waals surface area contributed by atoms with Gasteiger partial charge in [0.05, 0.1) is 6.73 Å². The number of aliphatic hydroxyl groups is 1. The minimum Gasteiger partial charge on any atom is -0.381 e. The van der Waals surface area contributed by atoms with Crippen LogP contribution in [0, 0.1) is 11.8 Å². The van der Waals surface area contributed by atoms with E-state index in [-0.39, 0.29) is 6.73 Å².